The van der Waals surface area contributed by atoms with Crippen LogP contribution in [0, 0.1) is 0 Å². The first-order valence-corrected chi connectivity index (χ1v) is 9.89. The number of carbonyl (C=O) groups excluding carboxylic acids is 2. The van der Waals surface area contributed by atoms with Crippen LogP contribution in [0.3, 0.4) is 0 Å². The zero-order valence-electron chi connectivity index (χ0n) is 16.7. The molecule has 150 valence electrons. The van der Waals surface area contributed by atoms with Crippen LogP contribution in [-0.4, -0.2) is 55.3 Å². The second kappa shape index (κ2) is 9.55. The van der Waals surface area contributed by atoms with Crippen molar-refractivity contribution in [2.45, 2.75) is 31.7 Å². The molecule has 1 aliphatic heterocycles. The van der Waals surface area contributed by atoms with Gasteiger partial charge in [-0.25, -0.2) is 0 Å². The van der Waals surface area contributed by atoms with Crippen molar-refractivity contribution >= 4 is 11.8 Å². The summed E-state index contributed by atoms with van der Waals surface area (Å²) in [6, 6.07) is 11.4. The van der Waals surface area contributed by atoms with Crippen molar-refractivity contribution in [3.8, 4) is 0 Å². The Morgan fingerprint density at radius 1 is 1.14 bits per heavy atom. The van der Waals surface area contributed by atoms with Gasteiger partial charge in [-0.3, -0.25) is 14.5 Å². The van der Waals surface area contributed by atoms with Crippen LogP contribution in [0.1, 0.15) is 47.0 Å². The van der Waals surface area contributed by atoms with Crippen molar-refractivity contribution in [3.63, 3.8) is 0 Å². The number of benzene rings is 1. The summed E-state index contributed by atoms with van der Waals surface area (Å²) >= 11 is 0. The average molecular weight is 383 g/mol. The van der Waals surface area contributed by atoms with Gasteiger partial charge in [0.1, 0.15) is 5.76 Å². The quantitative estimate of drug-likeness (QED) is 0.761. The van der Waals surface area contributed by atoms with Crippen LogP contribution in [0.25, 0.3) is 0 Å². The summed E-state index contributed by atoms with van der Waals surface area (Å²) in [7, 11) is 3.47. The molecule has 1 aromatic carbocycles. The molecule has 0 spiro atoms. The Balaban J connectivity index is 1.49. The maximum Gasteiger partial charge on any atom is 0.253 e. The van der Waals surface area contributed by atoms with Crippen molar-refractivity contribution in [1.29, 1.82) is 0 Å². The summed E-state index contributed by atoms with van der Waals surface area (Å²) in [5.41, 5.74) is 1.71. The summed E-state index contributed by atoms with van der Waals surface area (Å²) in [5, 5.41) is 3.06. The Hall–Kier alpha value is -2.60. The van der Waals surface area contributed by atoms with Gasteiger partial charge in [0.05, 0.1) is 12.3 Å². The highest BCUT2D eigenvalue weighted by atomic mass is 16.3. The molecule has 0 radical (unpaired) electrons. The highest BCUT2D eigenvalue weighted by Crippen LogP contribution is 2.24. The molecule has 1 unspecified atom stereocenters. The van der Waals surface area contributed by atoms with E-state index in [0.717, 1.165) is 24.4 Å². The molecule has 2 aromatic rings. The van der Waals surface area contributed by atoms with Gasteiger partial charge in [-0.2, -0.15) is 0 Å². The van der Waals surface area contributed by atoms with Gasteiger partial charge in [0.25, 0.3) is 5.91 Å². The van der Waals surface area contributed by atoms with Gasteiger partial charge >= 0.3 is 0 Å². The second-order valence-electron chi connectivity index (χ2n) is 7.47. The smallest absolute Gasteiger partial charge is 0.253 e. The largest absolute Gasteiger partial charge is 0.468 e. The van der Waals surface area contributed by atoms with Gasteiger partial charge in [-0.15, -0.1) is 0 Å². The summed E-state index contributed by atoms with van der Waals surface area (Å²) in [6.45, 7) is 2.64. The van der Waals surface area contributed by atoms with E-state index in [-0.39, 0.29) is 17.9 Å². The molecule has 0 saturated carbocycles. The standard InChI is InChI=1S/C22H29N3O3/c1-24(2)22(27)18-10-7-17(8-11-18)9-12-21(26)23-16-19(20-6-5-15-28-20)25-13-3-4-14-25/h5-8,10-11,15,19H,3-4,9,12-14,16H2,1-2H3,(H,23,26). The summed E-state index contributed by atoms with van der Waals surface area (Å²) < 4.78 is 5.59. The Morgan fingerprint density at radius 2 is 1.86 bits per heavy atom. The number of aryl methyl sites for hydroxylation is 1. The number of rotatable bonds is 8. The highest BCUT2D eigenvalue weighted by molar-refractivity contribution is 5.93. The van der Waals surface area contributed by atoms with Crippen molar-refractivity contribution in [3.05, 3.63) is 59.5 Å². The van der Waals surface area contributed by atoms with Crippen LogP contribution in [-0.2, 0) is 11.2 Å². The Labute approximate surface area is 166 Å². The zero-order chi connectivity index (χ0) is 19.9. The lowest BCUT2D eigenvalue weighted by molar-refractivity contribution is -0.121. The number of carbonyl (C=O) groups is 2. The number of amides is 2. The molecular weight excluding hydrogens is 354 g/mol. The molecule has 1 N–H and O–H groups in total. The fraction of sp³-hybridized carbons (Fsp3) is 0.455. The van der Waals surface area contributed by atoms with Crippen LogP contribution >= 0.6 is 0 Å². The molecule has 0 aliphatic carbocycles. The molecule has 1 atom stereocenters. The van der Waals surface area contributed by atoms with Crippen molar-refractivity contribution < 1.29 is 14.0 Å². The van der Waals surface area contributed by atoms with E-state index in [1.54, 1.807) is 25.3 Å². The molecule has 1 saturated heterocycles. The third kappa shape index (κ3) is 5.23. The Morgan fingerprint density at radius 3 is 2.46 bits per heavy atom. The number of hydrogen-bond donors (Lipinski definition) is 1. The molecule has 6 heteroatoms. The predicted octanol–water partition coefficient (Wildman–Crippen LogP) is 2.87. The number of furan rings is 1. The van der Waals surface area contributed by atoms with Gasteiger partial charge < -0.3 is 14.6 Å². The van der Waals surface area contributed by atoms with E-state index in [0.29, 0.717) is 24.9 Å². The fourth-order valence-corrected chi connectivity index (χ4v) is 3.57. The Kier molecular flexibility index (Phi) is 6.87. The van der Waals surface area contributed by atoms with E-state index < -0.39 is 0 Å². The molecule has 28 heavy (non-hydrogen) atoms. The van der Waals surface area contributed by atoms with Crippen molar-refractivity contribution in [2.24, 2.45) is 0 Å². The molecule has 1 fully saturated rings. The fourth-order valence-electron chi connectivity index (χ4n) is 3.57. The molecule has 6 nitrogen and oxygen atoms in total. The zero-order valence-corrected chi connectivity index (χ0v) is 16.7. The highest BCUT2D eigenvalue weighted by Gasteiger charge is 2.25. The number of nitrogens with one attached hydrogen (secondary N) is 1. The summed E-state index contributed by atoms with van der Waals surface area (Å²) in [4.78, 5) is 28.2. The van der Waals surface area contributed by atoms with Crippen molar-refractivity contribution in [1.82, 2.24) is 15.1 Å². The minimum Gasteiger partial charge on any atom is -0.468 e. The van der Waals surface area contributed by atoms with E-state index in [1.807, 2.05) is 36.4 Å². The van der Waals surface area contributed by atoms with Gasteiger partial charge in [0, 0.05) is 32.6 Å². The lowest BCUT2D eigenvalue weighted by Gasteiger charge is -2.26. The first-order chi connectivity index (χ1) is 13.5. The normalized spacial score (nSPS) is 15.4. The first-order valence-electron chi connectivity index (χ1n) is 9.89. The van der Waals surface area contributed by atoms with Crippen LogP contribution in [0.2, 0.25) is 0 Å². The van der Waals surface area contributed by atoms with E-state index >= 15 is 0 Å². The number of nitrogens with zero attached hydrogens (tertiary/aromatic N) is 2. The molecule has 2 amide bonds. The van der Waals surface area contributed by atoms with Crippen LogP contribution < -0.4 is 5.32 Å². The maximum absolute atomic E-state index is 12.3. The number of hydrogen-bond acceptors (Lipinski definition) is 4. The van der Waals surface area contributed by atoms with Gasteiger partial charge in [0.15, 0.2) is 0 Å². The molecule has 2 heterocycles. The average Bonchev–Trinajstić information content (AvgIpc) is 3.41. The van der Waals surface area contributed by atoms with Crippen LogP contribution in [0.5, 0.6) is 0 Å². The topological polar surface area (TPSA) is 65.8 Å². The van der Waals surface area contributed by atoms with E-state index in [4.69, 9.17) is 4.42 Å². The second-order valence-corrected chi connectivity index (χ2v) is 7.47. The van der Waals surface area contributed by atoms with E-state index in [9.17, 15) is 9.59 Å². The molecule has 0 bridgehead atoms. The molecule has 1 aromatic heterocycles. The predicted molar refractivity (Wildman–Crippen MR) is 108 cm³/mol. The van der Waals surface area contributed by atoms with Gasteiger partial charge in [-0.1, -0.05) is 12.1 Å². The van der Waals surface area contributed by atoms with Gasteiger partial charge in [-0.05, 0) is 62.2 Å². The summed E-state index contributed by atoms with van der Waals surface area (Å²) in [5.74, 6) is 0.919. The lowest BCUT2D eigenvalue weighted by atomic mass is 10.1. The Bertz CT molecular complexity index is 763. The minimum absolute atomic E-state index is 0.0184. The molecule has 3 rings (SSSR count). The number of likely N-dealkylation sites (tertiary alicyclic amines) is 1. The van der Waals surface area contributed by atoms with Gasteiger partial charge in [0.2, 0.25) is 5.91 Å². The van der Waals surface area contributed by atoms with Crippen LogP contribution in [0.4, 0.5) is 0 Å². The third-order valence-electron chi connectivity index (χ3n) is 5.19. The van der Waals surface area contributed by atoms with E-state index in [2.05, 4.69) is 10.2 Å². The SMILES string of the molecule is CN(C)C(=O)c1ccc(CCC(=O)NCC(c2ccco2)N2CCCC2)cc1. The maximum atomic E-state index is 12.3. The van der Waals surface area contributed by atoms with Crippen LogP contribution in [0.15, 0.2) is 47.1 Å². The molecule has 1 aliphatic rings. The lowest BCUT2D eigenvalue weighted by Crippen LogP contribution is -2.36. The monoisotopic (exact) mass is 383 g/mol. The summed E-state index contributed by atoms with van der Waals surface area (Å²) in [6.07, 6.45) is 5.14. The van der Waals surface area contributed by atoms with Crippen molar-refractivity contribution in [2.75, 3.05) is 33.7 Å². The minimum atomic E-state index is -0.0184. The first kappa shape index (κ1) is 20.1. The third-order valence-corrected chi connectivity index (χ3v) is 5.19. The van der Waals surface area contributed by atoms with E-state index in [1.165, 1.54) is 12.8 Å². The molecular formula is C22H29N3O3.